The minimum Gasteiger partial charge on any atom is -0.507 e. The normalized spacial score (nSPS) is 14.9. The number of guanidine groups is 1. The third kappa shape index (κ3) is 6.60. The number of halogens is 1. The summed E-state index contributed by atoms with van der Waals surface area (Å²) in [4.78, 5) is 18.9. The van der Waals surface area contributed by atoms with Crippen molar-refractivity contribution in [2.75, 3.05) is 37.6 Å². The van der Waals surface area contributed by atoms with E-state index in [9.17, 15) is 14.3 Å². The molecule has 0 aliphatic carbocycles. The van der Waals surface area contributed by atoms with Gasteiger partial charge in [-0.05, 0) is 50.1 Å². The lowest BCUT2D eigenvalue weighted by Gasteiger charge is -2.34. The summed E-state index contributed by atoms with van der Waals surface area (Å²) in [7, 11) is 0. The van der Waals surface area contributed by atoms with E-state index in [2.05, 4.69) is 25.8 Å². The Morgan fingerprint density at radius 2 is 1.94 bits per heavy atom. The molecule has 1 amide bonds. The van der Waals surface area contributed by atoms with E-state index < -0.39 is 0 Å². The van der Waals surface area contributed by atoms with Crippen LogP contribution in [0.3, 0.4) is 0 Å². The highest BCUT2D eigenvalue weighted by molar-refractivity contribution is 5.96. The van der Waals surface area contributed by atoms with E-state index in [1.54, 1.807) is 30.3 Å². The molecular weight excluding hydrogens is 397 g/mol. The number of piperidine rings is 1. The topological polar surface area (TPSA) is 89.0 Å². The molecule has 1 aliphatic heterocycles. The van der Waals surface area contributed by atoms with Crippen molar-refractivity contribution in [3.05, 3.63) is 59.9 Å². The summed E-state index contributed by atoms with van der Waals surface area (Å²) in [6.07, 6.45) is 1.84. The molecule has 1 fully saturated rings. The van der Waals surface area contributed by atoms with Crippen molar-refractivity contribution < 1.29 is 14.3 Å². The molecule has 0 radical (unpaired) electrons. The predicted molar refractivity (Wildman–Crippen MR) is 121 cm³/mol. The number of anilines is 1. The highest BCUT2D eigenvalue weighted by atomic mass is 19.1. The van der Waals surface area contributed by atoms with Crippen LogP contribution in [0.4, 0.5) is 10.1 Å². The average Bonchev–Trinajstić information content (AvgIpc) is 2.77. The molecule has 31 heavy (non-hydrogen) atoms. The molecule has 1 heterocycles. The second-order valence-corrected chi connectivity index (χ2v) is 7.42. The van der Waals surface area contributed by atoms with Gasteiger partial charge in [-0.2, -0.15) is 0 Å². The van der Waals surface area contributed by atoms with E-state index in [4.69, 9.17) is 0 Å². The second-order valence-electron chi connectivity index (χ2n) is 7.42. The van der Waals surface area contributed by atoms with Crippen molar-refractivity contribution >= 4 is 17.6 Å². The third-order valence-corrected chi connectivity index (χ3v) is 5.17. The molecule has 8 heteroatoms. The zero-order valence-electron chi connectivity index (χ0n) is 17.8. The van der Waals surface area contributed by atoms with Crippen LogP contribution in [0.15, 0.2) is 53.5 Å². The summed E-state index contributed by atoms with van der Waals surface area (Å²) in [6, 6.07) is 13.4. The number of nitrogens with zero attached hydrogens (tertiary/aromatic N) is 2. The van der Waals surface area contributed by atoms with Crippen molar-refractivity contribution in [2.24, 2.45) is 4.99 Å². The van der Waals surface area contributed by atoms with Gasteiger partial charge >= 0.3 is 0 Å². The fourth-order valence-corrected chi connectivity index (χ4v) is 3.57. The number of benzene rings is 2. The molecule has 2 aromatic carbocycles. The minimum atomic E-state index is -0.323. The Morgan fingerprint density at radius 1 is 1.16 bits per heavy atom. The van der Waals surface area contributed by atoms with E-state index in [1.807, 2.05) is 13.0 Å². The highest BCUT2D eigenvalue weighted by Gasteiger charge is 2.20. The van der Waals surface area contributed by atoms with Gasteiger partial charge in [0, 0.05) is 37.9 Å². The summed E-state index contributed by atoms with van der Waals surface area (Å²) in [6.45, 7) is 5.20. The van der Waals surface area contributed by atoms with E-state index in [0.29, 0.717) is 19.0 Å². The van der Waals surface area contributed by atoms with Gasteiger partial charge in [-0.3, -0.25) is 9.79 Å². The number of hydrogen-bond acceptors (Lipinski definition) is 4. The number of hydrogen-bond donors (Lipinski definition) is 4. The third-order valence-electron chi connectivity index (χ3n) is 5.17. The average molecular weight is 428 g/mol. The maximum atomic E-state index is 13.5. The molecule has 0 bridgehead atoms. The number of amides is 1. The standard InChI is InChI=1S/C23H30FN5O2/c1-2-25-23(27-13-12-26-22(31)20-8-3-4-9-21(20)30)28-18-10-14-29(15-11-18)19-7-5-6-17(24)16-19/h3-9,16,18,30H,2,10-15H2,1H3,(H,26,31)(H2,25,27,28). The van der Waals surface area contributed by atoms with Crippen LogP contribution in [0, 0.1) is 5.82 Å². The summed E-state index contributed by atoms with van der Waals surface area (Å²) >= 11 is 0. The zero-order chi connectivity index (χ0) is 22.1. The molecule has 166 valence electrons. The molecule has 1 aliphatic rings. The van der Waals surface area contributed by atoms with Crippen molar-refractivity contribution in [2.45, 2.75) is 25.8 Å². The largest absolute Gasteiger partial charge is 0.507 e. The molecule has 4 N–H and O–H groups in total. The molecule has 0 spiro atoms. The summed E-state index contributed by atoms with van der Waals surface area (Å²) < 4.78 is 13.5. The van der Waals surface area contributed by atoms with Gasteiger partial charge in [-0.1, -0.05) is 18.2 Å². The van der Waals surface area contributed by atoms with Gasteiger partial charge in [0.1, 0.15) is 11.6 Å². The number of carbonyl (C=O) groups is 1. The fraction of sp³-hybridized carbons (Fsp3) is 0.391. The minimum absolute atomic E-state index is 0.0388. The maximum absolute atomic E-state index is 13.5. The molecule has 0 aromatic heterocycles. The zero-order valence-corrected chi connectivity index (χ0v) is 17.8. The molecule has 3 rings (SSSR count). The van der Waals surface area contributed by atoms with E-state index in [1.165, 1.54) is 12.1 Å². The van der Waals surface area contributed by atoms with Gasteiger partial charge in [-0.25, -0.2) is 4.39 Å². The van der Waals surface area contributed by atoms with Gasteiger partial charge in [0.2, 0.25) is 0 Å². The summed E-state index contributed by atoms with van der Waals surface area (Å²) in [5.41, 5.74) is 1.17. The number of phenols is 1. The Hall–Kier alpha value is -3.29. The second kappa shape index (κ2) is 11.2. The number of aromatic hydroxyl groups is 1. The van der Waals surface area contributed by atoms with Gasteiger partial charge in [0.25, 0.3) is 5.91 Å². The van der Waals surface area contributed by atoms with Crippen molar-refractivity contribution in [1.82, 2.24) is 16.0 Å². The predicted octanol–water partition coefficient (Wildman–Crippen LogP) is 2.49. The Labute approximate surface area is 182 Å². The van der Waals surface area contributed by atoms with E-state index in [0.717, 1.165) is 38.2 Å². The maximum Gasteiger partial charge on any atom is 0.255 e. The van der Waals surface area contributed by atoms with E-state index in [-0.39, 0.29) is 29.1 Å². The molecule has 0 unspecified atom stereocenters. The number of rotatable bonds is 7. The first kappa shape index (κ1) is 22.4. The molecule has 1 saturated heterocycles. The van der Waals surface area contributed by atoms with Gasteiger partial charge in [-0.15, -0.1) is 0 Å². The van der Waals surface area contributed by atoms with Crippen LogP contribution in [0.2, 0.25) is 0 Å². The van der Waals surface area contributed by atoms with Crippen LogP contribution in [0.25, 0.3) is 0 Å². The van der Waals surface area contributed by atoms with Crippen molar-refractivity contribution in [3.8, 4) is 5.75 Å². The first-order valence-electron chi connectivity index (χ1n) is 10.7. The van der Waals surface area contributed by atoms with Crippen molar-refractivity contribution in [3.63, 3.8) is 0 Å². The molecular formula is C23H30FN5O2. The van der Waals surface area contributed by atoms with Crippen LogP contribution in [0.1, 0.15) is 30.1 Å². The lowest BCUT2D eigenvalue weighted by Crippen LogP contribution is -2.49. The van der Waals surface area contributed by atoms with Gasteiger partial charge in [0.15, 0.2) is 5.96 Å². The number of carbonyl (C=O) groups excluding carboxylic acids is 1. The molecule has 0 saturated carbocycles. The number of phenolic OH excluding ortho intramolecular Hbond substituents is 1. The summed E-state index contributed by atoms with van der Waals surface area (Å²) in [5.74, 6) is 0.136. The van der Waals surface area contributed by atoms with E-state index >= 15 is 0 Å². The number of aliphatic imine (C=N–C) groups is 1. The number of nitrogens with one attached hydrogen (secondary N) is 3. The molecule has 7 nitrogen and oxygen atoms in total. The summed E-state index contributed by atoms with van der Waals surface area (Å²) in [5, 5.41) is 19.2. The first-order valence-corrected chi connectivity index (χ1v) is 10.7. The first-order chi connectivity index (χ1) is 15.1. The lowest BCUT2D eigenvalue weighted by molar-refractivity contribution is 0.0952. The lowest BCUT2D eigenvalue weighted by atomic mass is 10.0. The number of para-hydroxylation sites is 1. The smallest absolute Gasteiger partial charge is 0.255 e. The fourth-order valence-electron chi connectivity index (χ4n) is 3.57. The molecule has 2 aromatic rings. The Kier molecular flexibility index (Phi) is 8.09. The highest BCUT2D eigenvalue weighted by Crippen LogP contribution is 2.20. The Morgan fingerprint density at radius 3 is 2.65 bits per heavy atom. The van der Waals surface area contributed by atoms with Crippen LogP contribution in [0.5, 0.6) is 5.75 Å². The van der Waals surface area contributed by atoms with Crippen molar-refractivity contribution in [1.29, 1.82) is 0 Å². The SMILES string of the molecule is CCNC(=NCCNC(=O)c1ccccc1O)NC1CCN(c2cccc(F)c2)CC1. The Bertz CT molecular complexity index is 897. The van der Waals surface area contributed by atoms with Gasteiger partial charge in [0.05, 0.1) is 12.1 Å². The van der Waals surface area contributed by atoms with Crippen LogP contribution in [-0.4, -0.2) is 55.7 Å². The van der Waals surface area contributed by atoms with Gasteiger partial charge < -0.3 is 26.0 Å². The van der Waals surface area contributed by atoms with Crippen LogP contribution < -0.4 is 20.9 Å². The Balaban J connectivity index is 1.45. The van der Waals surface area contributed by atoms with Crippen LogP contribution >= 0.6 is 0 Å². The van der Waals surface area contributed by atoms with Crippen LogP contribution in [-0.2, 0) is 0 Å². The quantitative estimate of drug-likeness (QED) is 0.310. The molecule has 0 atom stereocenters. The monoisotopic (exact) mass is 427 g/mol.